The van der Waals surface area contributed by atoms with Crippen molar-refractivity contribution in [2.45, 2.75) is 374 Å². The largest absolute Gasteiger partial charge is 0.462 e. The molecule has 0 aliphatic carbocycles. The van der Waals surface area contributed by atoms with Crippen molar-refractivity contribution < 1.29 is 28.6 Å². The van der Waals surface area contributed by atoms with E-state index in [1.807, 2.05) is 0 Å². The highest BCUT2D eigenvalue weighted by Gasteiger charge is 2.19. The number of unbranched alkanes of at least 4 members (excludes halogenated alkanes) is 42. The fourth-order valence-electron chi connectivity index (χ4n) is 10.4. The highest BCUT2D eigenvalue weighted by molar-refractivity contribution is 5.71. The molecule has 0 aromatic heterocycles. The van der Waals surface area contributed by atoms with Gasteiger partial charge in [-0.3, -0.25) is 14.4 Å². The van der Waals surface area contributed by atoms with E-state index < -0.39 is 6.10 Å². The van der Waals surface area contributed by atoms with E-state index in [1.165, 1.54) is 225 Å². The Balaban J connectivity index is 4.19. The standard InChI is InChI=1S/C75H134O6/c1-4-7-10-13-16-19-22-25-28-30-32-33-34-35-36-37-38-39-40-41-42-43-44-46-47-50-53-56-59-62-65-68-74(77)80-71-72(70-79-73(76)67-64-61-58-55-52-49-27-24-21-18-15-12-9-6-3)81-75(78)69-66-63-60-57-54-51-48-45-31-29-26-23-20-17-14-11-8-5-2/h7,10,15-16,18-19,24-25,27-28,32-33,72H,4-6,8-9,11-14,17,20-23,26,29-31,34-71H2,1-3H3/b10-7-,18-15-,19-16-,27-24-,28-25-,33-32-. The molecule has 81 heavy (non-hydrogen) atoms. The molecule has 470 valence electrons. The van der Waals surface area contributed by atoms with Gasteiger partial charge in [-0.1, -0.05) is 338 Å². The van der Waals surface area contributed by atoms with Gasteiger partial charge in [0.25, 0.3) is 0 Å². The van der Waals surface area contributed by atoms with E-state index in [-0.39, 0.29) is 31.1 Å². The van der Waals surface area contributed by atoms with E-state index in [1.54, 1.807) is 0 Å². The van der Waals surface area contributed by atoms with E-state index in [0.717, 1.165) is 103 Å². The summed E-state index contributed by atoms with van der Waals surface area (Å²) >= 11 is 0. The molecule has 0 heterocycles. The summed E-state index contributed by atoms with van der Waals surface area (Å²) in [5.74, 6) is -0.864. The second kappa shape index (κ2) is 69.3. The number of carbonyl (C=O) groups excluding carboxylic acids is 3. The summed E-state index contributed by atoms with van der Waals surface area (Å²) in [6.45, 7) is 6.53. The molecule has 0 aliphatic rings. The van der Waals surface area contributed by atoms with Crippen molar-refractivity contribution in [2.75, 3.05) is 13.2 Å². The van der Waals surface area contributed by atoms with Gasteiger partial charge in [0.2, 0.25) is 0 Å². The average Bonchev–Trinajstić information content (AvgIpc) is 3.47. The van der Waals surface area contributed by atoms with Gasteiger partial charge in [0.15, 0.2) is 6.10 Å². The molecule has 0 radical (unpaired) electrons. The van der Waals surface area contributed by atoms with Crippen molar-refractivity contribution in [3.63, 3.8) is 0 Å². The molecule has 0 aromatic rings. The number of rotatable bonds is 65. The molecule has 0 saturated heterocycles. The Kier molecular flexibility index (Phi) is 66.6. The molecule has 0 saturated carbocycles. The van der Waals surface area contributed by atoms with Crippen molar-refractivity contribution in [1.82, 2.24) is 0 Å². The summed E-state index contributed by atoms with van der Waals surface area (Å²) in [5.41, 5.74) is 0. The Labute approximate surface area is 503 Å². The molecule has 0 fully saturated rings. The third kappa shape index (κ3) is 67.5. The summed E-state index contributed by atoms with van der Waals surface area (Å²) in [5, 5.41) is 0. The molecule has 0 spiro atoms. The fourth-order valence-corrected chi connectivity index (χ4v) is 10.4. The first-order chi connectivity index (χ1) is 40.0. The molecular formula is C75H134O6. The van der Waals surface area contributed by atoms with Crippen LogP contribution in [0.3, 0.4) is 0 Å². The van der Waals surface area contributed by atoms with Crippen LogP contribution in [-0.4, -0.2) is 37.2 Å². The van der Waals surface area contributed by atoms with Gasteiger partial charge in [0.05, 0.1) is 0 Å². The number of ether oxygens (including phenoxy) is 3. The zero-order valence-electron chi connectivity index (χ0n) is 54.1. The van der Waals surface area contributed by atoms with Gasteiger partial charge >= 0.3 is 17.9 Å². The van der Waals surface area contributed by atoms with Crippen LogP contribution < -0.4 is 0 Å². The van der Waals surface area contributed by atoms with Crippen LogP contribution in [0.5, 0.6) is 0 Å². The third-order valence-electron chi connectivity index (χ3n) is 15.7. The monoisotopic (exact) mass is 1130 g/mol. The zero-order valence-corrected chi connectivity index (χ0v) is 54.1. The first-order valence-corrected chi connectivity index (χ1v) is 35.4. The normalized spacial score (nSPS) is 12.5. The minimum absolute atomic E-state index is 0.0742. The van der Waals surface area contributed by atoms with Crippen molar-refractivity contribution in [1.29, 1.82) is 0 Å². The van der Waals surface area contributed by atoms with Gasteiger partial charge in [-0.2, -0.15) is 0 Å². The zero-order chi connectivity index (χ0) is 58.5. The van der Waals surface area contributed by atoms with Crippen LogP contribution >= 0.6 is 0 Å². The lowest BCUT2D eigenvalue weighted by molar-refractivity contribution is -0.167. The smallest absolute Gasteiger partial charge is 0.306 e. The van der Waals surface area contributed by atoms with E-state index in [9.17, 15) is 14.4 Å². The van der Waals surface area contributed by atoms with Crippen molar-refractivity contribution in [2.24, 2.45) is 0 Å². The van der Waals surface area contributed by atoms with Gasteiger partial charge in [-0.25, -0.2) is 0 Å². The summed E-state index contributed by atoms with van der Waals surface area (Å²) in [7, 11) is 0. The minimum Gasteiger partial charge on any atom is -0.462 e. The van der Waals surface area contributed by atoms with Gasteiger partial charge in [-0.15, -0.1) is 0 Å². The Morgan fingerprint density at radius 2 is 0.494 bits per heavy atom. The molecule has 6 nitrogen and oxygen atoms in total. The van der Waals surface area contributed by atoms with Crippen molar-refractivity contribution in [3.8, 4) is 0 Å². The van der Waals surface area contributed by atoms with Crippen LogP contribution in [0.2, 0.25) is 0 Å². The first kappa shape index (κ1) is 77.9. The molecule has 0 aromatic carbocycles. The van der Waals surface area contributed by atoms with E-state index in [4.69, 9.17) is 14.2 Å². The number of allylic oxidation sites excluding steroid dienone is 12. The van der Waals surface area contributed by atoms with E-state index >= 15 is 0 Å². The Bertz CT molecular complexity index is 1490. The predicted octanol–water partition coefficient (Wildman–Crippen LogP) is 24.4. The maximum atomic E-state index is 12.9. The van der Waals surface area contributed by atoms with Crippen LogP contribution in [0.25, 0.3) is 0 Å². The van der Waals surface area contributed by atoms with Crippen LogP contribution in [0, 0.1) is 0 Å². The SMILES string of the molecule is CC/C=C\C/C=C\C/C=C\C/C=C\CCCCCCCCCCCCCCCCCCCCC(=O)OCC(COC(=O)CCCCCCC/C=C\C/C=C\CCCC)OC(=O)CCCCCCCCCCCCCCCCCCCC. The number of esters is 3. The molecule has 0 N–H and O–H groups in total. The first-order valence-electron chi connectivity index (χ1n) is 35.4. The minimum atomic E-state index is -0.779. The lowest BCUT2D eigenvalue weighted by atomic mass is 10.0. The number of hydrogen-bond acceptors (Lipinski definition) is 6. The molecular weight excluding hydrogens is 997 g/mol. The second-order valence-electron chi connectivity index (χ2n) is 23.8. The van der Waals surface area contributed by atoms with Crippen LogP contribution in [0.15, 0.2) is 72.9 Å². The molecule has 6 heteroatoms. The summed E-state index contributed by atoms with van der Waals surface area (Å²) in [6, 6.07) is 0. The van der Waals surface area contributed by atoms with E-state index in [0.29, 0.717) is 19.3 Å². The van der Waals surface area contributed by atoms with Gasteiger partial charge in [0.1, 0.15) is 13.2 Å². The van der Waals surface area contributed by atoms with Gasteiger partial charge in [0, 0.05) is 19.3 Å². The Morgan fingerprint density at radius 3 is 0.790 bits per heavy atom. The van der Waals surface area contributed by atoms with Crippen LogP contribution in [-0.2, 0) is 28.6 Å². The number of hydrogen-bond donors (Lipinski definition) is 0. The highest BCUT2D eigenvalue weighted by atomic mass is 16.6. The fraction of sp³-hybridized carbons (Fsp3) is 0.800. The number of carbonyl (C=O) groups is 3. The van der Waals surface area contributed by atoms with E-state index in [2.05, 4.69) is 93.7 Å². The Morgan fingerprint density at radius 1 is 0.259 bits per heavy atom. The highest BCUT2D eigenvalue weighted by Crippen LogP contribution is 2.18. The van der Waals surface area contributed by atoms with Crippen LogP contribution in [0.4, 0.5) is 0 Å². The Hall–Kier alpha value is -3.15. The van der Waals surface area contributed by atoms with Crippen molar-refractivity contribution in [3.05, 3.63) is 72.9 Å². The predicted molar refractivity (Wildman–Crippen MR) is 353 cm³/mol. The molecule has 0 aliphatic heterocycles. The molecule has 0 rings (SSSR count). The molecule has 1 atom stereocenters. The van der Waals surface area contributed by atoms with Crippen LogP contribution in [0.1, 0.15) is 367 Å². The lowest BCUT2D eigenvalue weighted by Crippen LogP contribution is -2.30. The summed E-state index contributed by atoms with van der Waals surface area (Å²) in [4.78, 5) is 38.4. The van der Waals surface area contributed by atoms with Gasteiger partial charge < -0.3 is 14.2 Å². The summed E-state index contributed by atoms with van der Waals surface area (Å²) in [6.07, 6.45) is 90.8. The summed E-state index contributed by atoms with van der Waals surface area (Å²) < 4.78 is 17.0. The molecule has 1 unspecified atom stereocenters. The second-order valence-corrected chi connectivity index (χ2v) is 23.8. The van der Waals surface area contributed by atoms with Crippen molar-refractivity contribution >= 4 is 17.9 Å². The van der Waals surface area contributed by atoms with Gasteiger partial charge in [-0.05, 0) is 83.5 Å². The third-order valence-corrected chi connectivity index (χ3v) is 15.7. The average molecular weight is 1130 g/mol. The lowest BCUT2D eigenvalue weighted by Gasteiger charge is -2.18. The quantitative estimate of drug-likeness (QED) is 0.0261. The molecule has 0 amide bonds. The maximum absolute atomic E-state index is 12.9. The molecule has 0 bridgehead atoms. The topological polar surface area (TPSA) is 78.9 Å². The maximum Gasteiger partial charge on any atom is 0.306 e.